The minimum Gasteiger partial charge on any atom is -0.497 e. The molecule has 0 fully saturated rings. The summed E-state index contributed by atoms with van der Waals surface area (Å²) in [6.07, 6.45) is 1.65. The zero-order valence-corrected chi connectivity index (χ0v) is 11.3. The van der Waals surface area contributed by atoms with E-state index in [0.717, 1.165) is 0 Å². The van der Waals surface area contributed by atoms with Crippen molar-refractivity contribution >= 4 is 16.9 Å². The van der Waals surface area contributed by atoms with Gasteiger partial charge in [0, 0.05) is 11.6 Å². The molecule has 0 amide bonds. The molecule has 104 valence electrons. The first-order valence-corrected chi connectivity index (χ1v) is 6.32. The number of aromatic carboxylic acids is 1. The van der Waals surface area contributed by atoms with Crippen molar-refractivity contribution in [3.05, 3.63) is 54.2 Å². The Morgan fingerprint density at radius 2 is 2.00 bits per heavy atom. The van der Waals surface area contributed by atoms with Crippen LogP contribution >= 0.6 is 0 Å². The minimum absolute atomic E-state index is 0.180. The fraction of sp³-hybridized carbons (Fsp3) is 0.0625. The van der Waals surface area contributed by atoms with Crippen molar-refractivity contribution in [1.29, 1.82) is 0 Å². The predicted octanol–water partition coefficient (Wildman–Crippen LogP) is 3.00. The van der Waals surface area contributed by atoms with E-state index in [9.17, 15) is 9.90 Å². The van der Waals surface area contributed by atoms with Gasteiger partial charge >= 0.3 is 5.97 Å². The molecule has 1 aromatic carbocycles. The molecule has 2 aromatic heterocycles. The molecular weight excluding hydrogens is 268 g/mol. The molecule has 0 bridgehead atoms. The van der Waals surface area contributed by atoms with Crippen LogP contribution in [-0.2, 0) is 0 Å². The number of rotatable bonds is 3. The highest BCUT2D eigenvalue weighted by Gasteiger charge is 2.14. The van der Waals surface area contributed by atoms with Gasteiger partial charge in [-0.25, -0.2) is 9.78 Å². The van der Waals surface area contributed by atoms with Gasteiger partial charge in [-0.15, -0.1) is 0 Å². The largest absolute Gasteiger partial charge is 0.497 e. The van der Waals surface area contributed by atoms with E-state index in [0.29, 0.717) is 28.0 Å². The molecule has 0 aliphatic heterocycles. The Kier molecular flexibility index (Phi) is 3.23. The molecule has 0 aliphatic rings. The molecule has 3 rings (SSSR count). The molecule has 0 unspecified atom stereocenters. The number of pyridine rings is 2. The van der Waals surface area contributed by atoms with Crippen molar-refractivity contribution in [2.75, 3.05) is 7.11 Å². The lowest BCUT2D eigenvalue weighted by molar-refractivity contribution is 0.0699. The first-order valence-electron chi connectivity index (χ1n) is 6.32. The molecule has 5 heteroatoms. The third-order valence-electron chi connectivity index (χ3n) is 3.17. The number of hydrogen-bond donors (Lipinski definition) is 1. The molecule has 0 radical (unpaired) electrons. The smallest absolute Gasteiger partial charge is 0.336 e. The molecule has 0 spiro atoms. The molecule has 2 heterocycles. The van der Waals surface area contributed by atoms with E-state index in [2.05, 4.69) is 9.97 Å². The number of methoxy groups -OCH3 is 1. The third kappa shape index (κ3) is 2.41. The second-order valence-electron chi connectivity index (χ2n) is 4.46. The Labute approximate surface area is 120 Å². The quantitative estimate of drug-likeness (QED) is 0.798. The lowest BCUT2D eigenvalue weighted by atomic mass is 10.1. The number of carboxylic acid groups (broad SMARTS) is 1. The van der Waals surface area contributed by atoms with E-state index in [1.807, 2.05) is 6.07 Å². The average molecular weight is 280 g/mol. The number of ether oxygens (including phenoxy) is 1. The fourth-order valence-corrected chi connectivity index (χ4v) is 2.15. The van der Waals surface area contributed by atoms with Gasteiger partial charge in [-0.1, -0.05) is 6.07 Å². The van der Waals surface area contributed by atoms with E-state index < -0.39 is 5.97 Å². The van der Waals surface area contributed by atoms with Crippen molar-refractivity contribution in [2.45, 2.75) is 0 Å². The van der Waals surface area contributed by atoms with Gasteiger partial charge in [0.1, 0.15) is 5.75 Å². The van der Waals surface area contributed by atoms with Crippen LogP contribution in [0.4, 0.5) is 0 Å². The molecule has 3 aromatic rings. The summed E-state index contributed by atoms with van der Waals surface area (Å²) in [7, 11) is 1.54. The normalized spacial score (nSPS) is 10.5. The van der Waals surface area contributed by atoms with Gasteiger partial charge < -0.3 is 9.84 Å². The molecule has 0 saturated carbocycles. The summed E-state index contributed by atoms with van der Waals surface area (Å²) >= 11 is 0. The van der Waals surface area contributed by atoms with Crippen LogP contribution in [0, 0.1) is 0 Å². The second kappa shape index (κ2) is 5.20. The van der Waals surface area contributed by atoms with Crippen molar-refractivity contribution in [3.63, 3.8) is 0 Å². The lowest BCUT2D eigenvalue weighted by Gasteiger charge is -2.08. The Bertz CT molecular complexity index is 816. The Morgan fingerprint density at radius 1 is 1.14 bits per heavy atom. The van der Waals surface area contributed by atoms with Gasteiger partial charge in [-0.05, 0) is 36.4 Å². The highest BCUT2D eigenvalue weighted by Crippen LogP contribution is 2.26. The topological polar surface area (TPSA) is 72.3 Å². The monoisotopic (exact) mass is 280 g/mol. The van der Waals surface area contributed by atoms with Crippen LogP contribution in [0.5, 0.6) is 5.75 Å². The standard InChI is InChI=1S/C16H12N2O3/c1-21-10-5-6-13-11(8-10)12(16(19)20)9-15(18-13)14-4-2-3-7-17-14/h2-9H,1H3,(H,19,20). The first-order chi connectivity index (χ1) is 10.2. The maximum atomic E-state index is 11.5. The van der Waals surface area contributed by atoms with Gasteiger partial charge in [0.2, 0.25) is 0 Å². The van der Waals surface area contributed by atoms with E-state index in [1.54, 1.807) is 36.5 Å². The van der Waals surface area contributed by atoms with Crippen LogP contribution in [0.1, 0.15) is 10.4 Å². The summed E-state index contributed by atoms with van der Waals surface area (Å²) < 4.78 is 5.14. The zero-order valence-electron chi connectivity index (χ0n) is 11.3. The molecule has 0 saturated heterocycles. The Morgan fingerprint density at radius 3 is 2.67 bits per heavy atom. The van der Waals surface area contributed by atoms with Crippen molar-refractivity contribution in [1.82, 2.24) is 9.97 Å². The summed E-state index contributed by atoms with van der Waals surface area (Å²) in [4.78, 5) is 20.2. The van der Waals surface area contributed by atoms with E-state index in [4.69, 9.17) is 4.74 Å². The number of fused-ring (bicyclic) bond motifs is 1. The van der Waals surface area contributed by atoms with E-state index >= 15 is 0 Å². The number of carboxylic acids is 1. The summed E-state index contributed by atoms with van der Waals surface area (Å²) in [6.45, 7) is 0. The number of aromatic nitrogens is 2. The average Bonchev–Trinajstić information content (AvgIpc) is 2.54. The van der Waals surface area contributed by atoms with Gasteiger partial charge in [-0.3, -0.25) is 4.98 Å². The third-order valence-corrected chi connectivity index (χ3v) is 3.17. The molecule has 5 nitrogen and oxygen atoms in total. The molecular formula is C16H12N2O3. The van der Waals surface area contributed by atoms with Gasteiger partial charge in [0.25, 0.3) is 0 Å². The zero-order chi connectivity index (χ0) is 14.8. The van der Waals surface area contributed by atoms with Crippen LogP contribution in [0.2, 0.25) is 0 Å². The van der Waals surface area contributed by atoms with Crippen molar-refractivity contribution in [2.24, 2.45) is 0 Å². The van der Waals surface area contributed by atoms with Crippen LogP contribution in [0.3, 0.4) is 0 Å². The van der Waals surface area contributed by atoms with Crippen molar-refractivity contribution < 1.29 is 14.6 Å². The summed E-state index contributed by atoms with van der Waals surface area (Å²) in [5.74, 6) is -0.412. The molecule has 1 N–H and O–H groups in total. The maximum Gasteiger partial charge on any atom is 0.336 e. The Balaban J connectivity index is 2.29. The Hall–Kier alpha value is -2.95. The molecule has 21 heavy (non-hydrogen) atoms. The number of benzene rings is 1. The van der Waals surface area contributed by atoms with Crippen LogP contribution in [-0.4, -0.2) is 28.2 Å². The lowest BCUT2D eigenvalue weighted by Crippen LogP contribution is -2.01. The number of nitrogens with zero attached hydrogens (tertiary/aromatic N) is 2. The van der Waals surface area contributed by atoms with Gasteiger partial charge in [0.15, 0.2) is 0 Å². The fourth-order valence-electron chi connectivity index (χ4n) is 2.15. The minimum atomic E-state index is -1.01. The van der Waals surface area contributed by atoms with Crippen LogP contribution < -0.4 is 4.74 Å². The SMILES string of the molecule is COc1ccc2nc(-c3ccccn3)cc(C(=O)O)c2c1. The predicted molar refractivity (Wildman–Crippen MR) is 78.5 cm³/mol. The maximum absolute atomic E-state index is 11.5. The van der Waals surface area contributed by atoms with E-state index in [-0.39, 0.29) is 5.56 Å². The highest BCUT2D eigenvalue weighted by atomic mass is 16.5. The summed E-state index contributed by atoms with van der Waals surface area (Å²) in [5, 5.41) is 9.97. The van der Waals surface area contributed by atoms with Crippen molar-refractivity contribution in [3.8, 4) is 17.1 Å². The van der Waals surface area contributed by atoms with Gasteiger partial charge in [-0.2, -0.15) is 0 Å². The van der Waals surface area contributed by atoms with E-state index in [1.165, 1.54) is 13.2 Å². The highest BCUT2D eigenvalue weighted by molar-refractivity contribution is 6.04. The number of carbonyl (C=O) groups is 1. The first kappa shape index (κ1) is 13.1. The number of hydrogen-bond acceptors (Lipinski definition) is 4. The summed E-state index contributed by atoms with van der Waals surface area (Å²) in [6, 6.07) is 12.1. The second-order valence-corrected chi connectivity index (χ2v) is 4.46. The molecule has 0 atom stereocenters. The van der Waals surface area contributed by atoms with Crippen LogP contribution in [0.25, 0.3) is 22.3 Å². The van der Waals surface area contributed by atoms with Gasteiger partial charge in [0.05, 0.1) is 29.6 Å². The summed E-state index contributed by atoms with van der Waals surface area (Å²) in [5.41, 5.74) is 1.94. The molecule has 0 aliphatic carbocycles. The van der Waals surface area contributed by atoms with Crippen LogP contribution in [0.15, 0.2) is 48.7 Å².